The zero-order valence-electron chi connectivity index (χ0n) is 10.3. The summed E-state index contributed by atoms with van der Waals surface area (Å²) in [5.74, 6) is -0.730. The van der Waals surface area contributed by atoms with E-state index in [-0.39, 0.29) is 11.5 Å². The topological polar surface area (TPSA) is 96.6 Å². The molecule has 0 spiro atoms. The number of nitrogens with one attached hydrogen (secondary N) is 1. The van der Waals surface area contributed by atoms with Crippen LogP contribution in [0.2, 0.25) is 0 Å². The standard InChI is InChI=1S/C11H17NO5S/c1-3-4-5-9(11(13)14)12-18(15,16)10-7-6-8(2)17-10/h6-7,9,12H,3-5H2,1-2H3,(H,13,14). The van der Waals surface area contributed by atoms with Gasteiger partial charge < -0.3 is 9.52 Å². The molecule has 0 saturated heterocycles. The van der Waals surface area contributed by atoms with Gasteiger partial charge in [-0.2, -0.15) is 4.72 Å². The molecule has 1 heterocycles. The van der Waals surface area contributed by atoms with Gasteiger partial charge in [0.05, 0.1) is 0 Å². The average Bonchev–Trinajstić information content (AvgIpc) is 2.71. The molecule has 0 aliphatic rings. The SMILES string of the molecule is CCCCC(NS(=O)(=O)c1ccc(C)o1)C(=O)O. The summed E-state index contributed by atoms with van der Waals surface area (Å²) in [7, 11) is -3.91. The van der Waals surface area contributed by atoms with Gasteiger partial charge in [-0.05, 0) is 25.5 Å². The molecule has 1 aromatic heterocycles. The Morgan fingerprint density at radius 3 is 2.61 bits per heavy atom. The molecule has 0 saturated carbocycles. The average molecular weight is 275 g/mol. The summed E-state index contributed by atoms with van der Waals surface area (Å²) in [5, 5.41) is 8.70. The summed E-state index contributed by atoms with van der Waals surface area (Å²) in [4.78, 5) is 11.0. The van der Waals surface area contributed by atoms with Crippen LogP contribution in [0.25, 0.3) is 0 Å². The molecule has 0 radical (unpaired) electrons. The van der Waals surface area contributed by atoms with Crippen LogP contribution in [0.1, 0.15) is 31.9 Å². The second kappa shape index (κ2) is 6.01. The lowest BCUT2D eigenvalue weighted by molar-refractivity contribution is -0.139. The second-order valence-electron chi connectivity index (χ2n) is 4.02. The number of carbonyl (C=O) groups is 1. The third kappa shape index (κ3) is 3.85. The highest BCUT2D eigenvalue weighted by Crippen LogP contribution is 2.14. The number of carboxylic acids is 1. The predicted molar refractivity (Wildman–Crippen MR) is 64.7 cm³/mol. The zero-order chi connectivity index (χ0) is 13.8. The monoisotopic (exact) mass is 275 g/mol. The van der Waals surface area contributed by atoms with Gasteiger partial charge in [0.1, 0.15) is 11.8 Å². The van der Waals surface area contributed by atoms with Crippen molar-refractivity contribution in [3.63, 3.8) is 0 Å². The number of sulfonamides is 1. The fourth-order valence-corrected chi connectivity index (χ4v) is 2.64. The number of hydrogen-bond donors (Lipinski definition) is 2. The van der Waals surface area contributed by atoms with Gasteiger partial charge in [0.25, 0.3) is 10.0 Å². The van der Waals surface area contributed by atoms with Crippen LogP contribution in [0.4, 0.5) is 0 Å². The van der Waals surface area contributed by atoms with E-state index in [1.807, 2.05) is 6.92 Å². The molecule has 0 amide bonds. The van der Waals surface area contributed by atoms with Gasteiger partial charge in [-0.1, -0.05) is 19.8 Å². The summed E-state index contributed by atoms with van der Waals surface area (Å²) in [5.41, 5.74) is 0. The van der Waals surface area contributed by atoms with E-state index in [0.717, 1.165) is 6.42 Å². The number of furan rings is 1. The van der Waals surface area contributed by atoms with Crippen LogP contribution in [-0.2, 0) is 14.8 Å². The van der Waals surface area contributed by atoms with Crippen molar-refractivity contribution in [1.82, 2.24) is 4.72 Å². The summed E-state index contributed by atoms with van der Waals surface area (Å²) in [6.07, 6.45) is 1.69. The Hall–Kier alpha value is -1.34. The Bertz CT molecular complexity index is 505. The Morgan fingerprint density at radius 2 is 2.17 bits per heavy atom. The highest BCUT2D eigenvalue weighted by atomic mass is 32.2. The van der Waals surface area contributed by atoms with Gasteiger partial charge in [-0.3, -0.25) is 4.79 Å². The van der Waals surface area contributed by atoms with Crippen molar-refractivity contribution >= 4 is 16.0 Å². The van der Waals surface area contributed by atoms with E-state index in [1.54, 1.807) is 6.92 Å². The molecule has 1 unspecified atom stereocenters. The van der Waals surface area contributed by atoms with E-state index in [9.17, 15) is 13.2 Å². The van der Waals surface area contributed by atoms with Gasteiger partial charge in [0.2, 0.25) is 5.09 Å². The summed E-state index contributed by atoms with van der Waals surface area (Å²) in [6.45, 7) is 3.52. The molecule has 0 aromatic carbocycles. The van der Waals surface area contributed by atoms with Crippen molar-refractivity contribution in [2.24, 2.45) is 0 Å². The van der Waals surface area contributed by atoms with E-state index in [4.69, 9.17) is 9.52 Å². The maximum Gasteiger partial charge on any atom is 0.321 e. The molecule has 0 aliphatic heterocycles. The molecule has 0 fully saturated rings. The van der Waals surface area contributed by atoms with Crippen molar-refractivity contribution in [2.45, 2.75) is 44.2 Å². The number of hydrogen-bond acceptors (Lipinski definition) is 4. The maximum atomic E-state index is 11.9. The van der Waals surface area contributed by atoms with E-state index >= 15 is 0 Å². The minimum Gasteiger partial charge on any atom is -0.480 e. The molecule has 7 heteroatoms. The van der Waals surface area contributed by atoms with Crippen LogP contribution in [0.15, 0.2) is 21.6 Å². The summed E-state index contributed by atoms with van der Waals surface area (Å²) in [6, 6.07) is 1.69. The van der Waals surface area contributed by atoms with Gasteiger partial charge >= 0.3 is 5.97 Å². The zero-order valence-corrected chi connectivity index (χ0v) is 11.2. The van der Waals surface area contributed by atoms with Gasteiger partial charge in [-0.25, -0.2) is 8.42 Å². The molecular formula is C11H17NO5S. The molecule has 102 valence electrons. The highest BCUT2D eigenvalue weighted by molar-refractivity contribution is 7.89. The van der Waals surface area contributed by atoms with Crippen molar-refractivity contribution < 1.29 is 22.7 Å². The molecule has 0 bridgehead atoms. The van der Waals surface area contributed by atoms with Crippen LogP contribution in [0.5, 0.6) is 0 Å². The van der Waals surface area contributed by atoms with Gasteiger partial charge in [0, 0.05) is 0 Å². The number of rotatable bonds is 7. The van der Waals surface area contributed by atoms with Crippen LogP contribution < -0.4 is 4.72 Å². The smallest absolute Gasteiger partial charge is 0.321 e. The normalized spacial score (nSPS) is 13.4. The van der Waals surface area contributed by atoms with Gasteiger partial charge in [-0.15, -0.1) is 0 Å². The van der Waals surface area contributed by atoms with E-state index in [1.165, 1.54) is 12.1 Å². The van der Waals surface area contributed by atoms with Crippen molar-refractivity contribution in [2.75, 3.05) is 0 Å². The minimum absolute atomic E-state index is 0.255. The van der Waals surface area contributed by atoms with Gasteiger partial charge in [0.15, 0.2) is 0 Å². The Morgan fingerprint density at radius 1 is 1.50 bits per heavy atom. The molecule has 2 N–H and O–H groups in total. The summed E-state index contributed by atoms with van der Waals surface area (Å²) >= 11 is 0. The van der Waals surface area contributed by atoms with E-state index in [0.29, 0.717) is 12.2 Å². The Labute approximate surface area is 106 Å². The Kier molecular flexibility index (Phi) is 4.92. The molecule has 6 nitrogen and oxygen atoms in total. The van der Waals surface area contributed by atoms with Crippen LogP contribution in [0, 0.1) is 6.92 Å². The second-order valence-corrected chi connectivity index (χ2v) is 5.66. The van der Waals surface area contributed by atoms with Crippen LogP contribution >= 0.6 is 0 Å². The maximum absolute atomic E-state index is 11.9. The van der Waals surface area contributed by atoms with Crippen LogP contribution in [-0.4, -0.2) is 25.5 Å². The third-order valence-electron chi connectivity index (χ3n) is 2.42. The first kappa shape index (κ1) is 14.7. The van der Waals surface area contributed by atoms with E-state index in [2.05, 4.69) is 4.72 Å². The quantitative estimate of drug-likeness (QED) is 0.786. The first-order valence-electron chi connectivity index (χ1n) is 5.68. The molecule has 1 aromatic rings. The first-order chi connectivity index (χ1) is 8.36. The predicted octanol–water partition coefficient (Wildman–Crippen LogP) is 1.51. The highest BCUT2D eigenvalue weighted by Gasteiger charge is 2.26. The number of aryl methyl sites for hydroxylation is 1. The molecule has 1 atom stereocenters. The molecule has 0 aliphatic carbocycles. The van der Waals surface area contributed by atoms with Crippen molar-refractivity contribution in [3.8, 4) is 0 Å². The third-order valence-corrected chi connectivity index (χ3v) is 3.77. The lowest BCUT2D eigenvalue weighted by Crippen LogP contribution is -2.40. The molecular weight excluding hydrogens is 258 g/mol. The number of carboxylic acid groups (broad SMARTS) is 1. The lowest BCUT2D eigenvalue weighted by Gasteiger charge is -2.12. The lowest BCUT2D eigenvalue weighted by atomic mass is 10.1. The Balaban J connectivity index is 2.82. The van der Waals surface area contributed by atoms with Crippen LogP contribution in [0.3, 0.4) is 0 Å². The fourth-order valence-electron chi connectivity index (χ4n) is 1.44. The van der Waals surface area contributed by atoms with E-state index < -0.39 is 22.0 Å². The fraction of sp³-hybridized carbons (Fsp3) is 0.545. The molecule has 18 heavy (non-hydrogen) atoms. The summed E-state index contributed by atoms with van der Waals surface area (Å²) < 4.78 is 30.8. The first-order valence-corrected chi connectivity index (χ1v) is 7.16. The molecule has 1 rings (SSSR count). The largest absolute Gasteiger partial charge is 0.480 e. The minimum atomic E-state index is -3.91. The number of unbranched alkanes of at least 4 members (excludes halogenated alkanes) is 1. The van der Waals surface area contributed by atoms with Crippen molar-refractivity contribution in [1.29, 1.82) is 0 Å². The number of aliphatic carboxylic acids is 1. The van der Waals surface area contributed by atoms with Crippen molar-refractivity contribution in [3.05, 3.63) is 17.9 Å².